The van der Waals surface area contributed by atoms with Gasteiger partial charge in [-0.25, -0.2) is 0 Å². The van der Waals surface area contributed by atoms with Gasteiger partial charge in [0.25, 0.3) is 0 Å². The third-order valence-electron chi connectivity index (χ3n) is 5.88. The highest BCUT2D eigenvalue weighted by atomic mass is 19.4. The van der Waals surface area contributed by atoms with Crippen LogP contribution in [0.2, 0.25) is 0 Å². The molecule has 3 fully saturated rings. The summed E-state index contributed by atoms with van der Waals surface area (Å²) in [6.45, 7) is 5.04. The molecule has 0 aliphatic heterocycles. The number of carboxylic acids is 1. The van der Waals surface area contributed by atoms with Gasteiger partial charge in [-0.1, -0.05) is 0 Å². The molecule has 0 aromatic heterocycles. The number of carbonyl (C=O) groups excluding carboxylic acids is 1. The molecular weight excluding hydrogens is 325 g/mol. The van der Waals surface area contributed by atoms with Crippen LogP contribution in [0, 0.1) is 28.6 Å². The molecule has 3 aliphatic carbocycles. The topological polar surface area (TPSA) is 63.6 Å². The molecule has 2 atom stereocenters. The quantitative estimate of drug-likeness (QED) is 0.785. The number of ether oxygens (including phenoxy) is 1. The molecule has 0 radical (unpaired) electrons. The summed E-state index contributed by atoms with van der Waals surface area (Å²) in [6, 6.07) is 0. The maximum atomic E-state index is 12.9. The zero-order valence-electron chi connectivity index (χ0n) is 14.1. The van der Waals surface area contributed by atoms with Crippen molar-refractivity contribution in [1.82, 2.24) is 0 Å². The van der Waals surface area contributed by atoms with E-state index in [-0.39, 0.29) is 11.8 Å². The van der Waals surface area contributed by atoms with Gasteiger partial charge in [0.1, 0.15) is 5.60 Å². The maximum absolute atomic E-state index is 12.9. The zero-order chi connectivity index (χ0) is 18.1. The normalized spacial score (nSPS) is 39.1. The zero-order valence-corrected chi connectivity index (χ0v) is 14.1. The second-order valence-corrected chi connectivity index (χ2v) is 8.66. The summed E-state index contributed by atoms with van der Waals surface area (Å²) >= 11 is 0. The Kier molecular flexibility index (Phi) is 3.57. The van der Waals surface area contributed by atoms with E-state index in [0.717, 1.165) is 12.8 Å². The van der Waals surface area contributed by atoms with Crippen molar-refractivity contribution in [3.8, 4) is 0 Å². The minimum absolute atomic E-state index is 0.155. The summed E-state index contributed by atoms with van der Waals surface area (Å²) in [5.41, 5.74) is -3.72. The van der Waals surface area contributed by atoms with E-state index in [4.69, 9.17) is 4.74 Å². The standard InChI is InChI=1S/C17H23F3O4/c1-14(2,3)24-13(23)16(8-11(16)9-4-5-9)15(12(21)22)6-10(7-15)17(18,19)20/h9-11H,4-8H2,1-3H3,(H,21,22)/t10?,11-,15?,16+/m0/s1. The molecule has 0 aromatic carbocycles. The van der Waals surface area contributed by atoms with Crippen LogP contribution in [0.3, 0.4) is 0 Å². The number of alkyl halides is 3. The van der Waals surface area contributed by atoms with Crippen LogP contribution < -0.4 is 0 Å². The molecule has 136 valence electrons. The minimum Gasteiger partial charge on any atom is -0.481 e. The fourth-order valence-electron chi connectivity index (χ4n) is 4.45. The van der Waals surface area contributed by atoms with E-state index in [9.17, 15) is 27.9 Å². The maximum Gasteiger partial charge on any atom is 0.391 e. The Morgan fingerprint density at radius 1 is 1.08 bits per heavy atom. The van der Waals surface area contributed by atoms with Gasteiger partial charge in [0.05, 0.1) is 16.7 Å². The second-order valence-electron chi connectivity index (χ2n) is 8.66. The lowest BCUT2D eigenvalue weighted by Crippen LogP contribution is -2.58. The van der Waals surface area contributed by atoms with Gasteiger partial charge in [-0.3, -0.25) is 9.59 Å². The van der Waals surface area contributed by atoms with Crippen LogP contribution in [0.25, 0.3) is 0 Å². The predicted molar refractivity (Wildman–Crippen MR) is 78.0 cm³/mol. The number of hydrogen-bond donors (Lipinski definition) is 1. The van der Waals surface area contributed by atoms with Gasteiger partial charge in [-0.05, 0) is 64.7 Å². The summed E-state index contributed by atoms with van der Waals surface area (Å²) in [6.07, 6.45) is -3.30. The Hall–Kier alpha value is -1.27. The molecule has 0 amide bonds. The SMILES string of the molecule is CC(C)(C)OC(=O)[C@@]1(C2(C(=O)O)CC(C(F)(F)F)C2)C[C@H]1C1CC1. The number of aliphatic carboxylic acids is 1. The highest BCUT2D eigenvalue weighted by Crippen LogP contribution is 2.77. The van der Waals surface area contributed by atoms with Crippen molar-refractivity contribution < 1.29 is 32.6 Å². The Bertz CT molecular complexity index is 567. The number of halogens is 3. The Morgan fingerprint density at radius 3 is 2.00 bits per heavy atom. The van der Waals surface area contributed by atoms with Gasteiger partial charge >= 0.3 is 18.1 Å². The molecule has 0 heterocycles. The molecule has 0 spiro atoms. The Labute approximate surface area is 138 Å². The third-order valence-corrected chi connectivity index (χ3v) is 5.88. The van der Waals surface area contributed by atoms with E-state index in [1.807, 2.05) is 0 Å². The first kappa shape index (κ1) is 17.5. The van der Waals surface area contributed by atoms with Crippen LogP contribution in [0.15, 0.2) is 0 Å². The van der Waals surface area contributed by atoms with Crippen LogP contribution >= 0.6 is 0 Å². The number of carbonyl (C=O) groups is 2. The van der Waals surface area contributed by atoms with E-state index in [0.29, 0.717) is 6.42 Å². The van der Waals surface area contributed by atoms with Crippen LogP contribution in [0.5, 0.6) is 0 Å². The lowest BCUT2D eigenvalue weighted by molar-refractivity contribution is -0.241. The first-order valence-corrected chi connectivity index (χ1v) is 8.37. The Balaban J connectivity index is 1.91. The van der Waals surface area contributed by atoms with Crippen LogP contribution in [0.1, 0.15) is 52.9 Å². The summed E-state index contributed by atoms with van der Waals surface area (Å²) in [5, 5.41) is 9.73. The number of carboxylic acid groups (broad SMARTS) is 1. The fraction of sp³-hybridized carbons (Fsp3) is 0.882. The van der Waals surface area contributed by atoms with E-state index in [1.165, 1.54) is 0 Å². The second kappa shape index (κ2) is 4.88. The van der Waals surface area contributed by atoms with Gasteiger partial charge in [-0.2, -0.15) is 13.2 Å². The first-order valence-electron chi connectivity index (χ1n) is 8.37. The van der Waals surface area contributed by atoms with Gasteiger partial charge in [-0.15, -0.1) is 0 Å². The lowest BCUT2D eigenvalue weighted by atomic mass is 9.53. The van der Waals surface area contributed by atoms with Crippen molar-refractivity contribution in [2.24, 2.45) is 28.6 Å². The Morgan fingerprint density at radius 2 is 1.62 bits per heavy atom. The molecule has 0 unspecified atom stereocenters. The molecule has 3 rings (SSSR count). The van der Waals surface area contributed by atoms with Gasteiger partial charge < -0.3 is 9.84 Å². The highest BCUT2D eigenvalue weighted by Gasteiger charge is 2.81. The van der Waals surface area contributed by atoms with Gasteiger partial charge in [0.15, 0.2) is 0 Å². The number of hydrogen-bond acceptors (Lipinski definition) is 3. The van der Waals surface area contributed by atoms with Crippen molar-refractivity contribution in [3.05, 3.63) is 0 Å². The molecule has 1 N–H and O–H groups in total. The molecule has 3 aliphatic rings. The lowest BCUT2D eigenvalue weighted by Gasteiger charge is -2.50. The van der Waals surface area contributed by atoms with Crippen molar-refractivity contribution >= 4 is 11.9 Å². The largest absolute Gasteiger partial charge is 0.481 e. The first-order chi connectivity index (χ1) is 10.8. The molecule has 0 saturated heterocycles. The molecule has 7 heteroatoms. The smallest absolute Gasteiger partial charge is 0.391 e. The van der Waals surface area contributed by atoms with Gasteiger partial charge in [0.2, 0.25) is 0 Å². The van der Waals surface area contributed by atoms with E-state index in [2.05, 4.69) is 0 Å². The molecule has 0 aromatic rings. The van der Waals surface area contributed by atoms with Gasteiger partial charge in [0, 0.05) is 0 Å². The van der Waals surface area contributed by atoms with E-state index in [1.54, 1.807) is 20.8 Å². The molecule has 0 bridgehead atoms. The molecule has 4 nitrogen and oxygen atoms in total. The predicted octanol–water partition coefficient (Wildman–Crippen LogP) is 3.79. The monoisotopic (exact) mass is 348 g/mol. The number of rotatable bonds is 4. The third kappa shape index (κ3) is 2.51. The average molecular weight is 348 g/mol. The summed E-state index contributed by atoms with van der Waals surface area (Å²) in [7, 11) is 0. The van der Waals surface area contributed by atoms with Crippen LogP contribution in [-0.4, -0.2) is 28.8 Å². The van der Waals surface area contributed by atoms with Crippen molar-refractivity contribution in [1.29, 1.82) is 0 Å². The van der Waals surface area contributed by atoms with E-state index < -0.39 is 53.3 Å². The highest BCUT2D eigenvalue weighted by molar-refractivity contribution is 5.91. The minimum atomic E-state index is -4.42. The molecule has 24 heavy (non-hydrogen) atoms. The van der Waals surface area contributed by atoms with Crippen LogP contribution in [-0.2, 0) is 14.3 Å². The van der Waals surface area contributed by atoms with Crippen molar-refractivity contribution in [3.63, 3.8) is 0 Å². The average Bonchev–Trinajstić information content (AvgIpc) is 3.16. The van der Waals surface area contributed by atoms with Crippen LogP contribution in [0.4, 0.5) is 13.2 Å². The summed E-state index contributed by atoms with van der Waals surface area (Å²) in [5.74, 6) is -3.48. The van der Waals surface area contributed by atoms with Crippen molar-refractivity contribution in [2.45, 2.75) is 64.7 Å². The number of esters is 1. The van der Waals surface area contributed by atoms with E-state index >= 15 is 0 Å². The fourth-order valence-corrected chi connectivity index (χ4v) is 4.45. The molecule has 3 saturated carbocycles. The summed E-state index contributed by atoms with van der Waals surface area (Å²) < 4.78 is 44.3. The van der Waals surface area contributed by atoms with Crippen molar-refractivity contribution in [2.75, 3.05) is 0 Å². The molecular formula is C17H23F3O4. The summed E-state index contributed by atoms with van der Waals surface area (Å²) in [4.78, 5) is 24.8.